The first-order chi connectivity index (χ1) is 10.1. The Bertz CT molecular complexity index is 667. The van der Waals surface area contributed by atoms with E-state index in [1.54, 1.807) is 18.2 Å². The molecule has 6 nitrogen and oxygen atoms in total. The first kappa shape index (κ1) is 15.2. The van der Waals surface area contributed by atoms with Crippen LogP contribution in [-0.4, -0.2) is 21.2 Å². The van der Waals surface area contributed by atoms with Crippen molar-refractivity contribution in [3.05, 3.63) is 46.0 Å². The van der Waals surface area contributed by atoms with Gasteiger partial charge in [0.1, 0.15) is 5.75 Å². The predicted octanol–water partition coefficient (Wildman–Crippen LogP) is 3.07. The van der Waals surface area contributed by atoms with Gasteiger partial charge in [0.15, 0.2) is 6.61 Å². The molecule has 2 rings (SSSR count). The fourth-order valence-electron chi connectivity index (χ4n) is 1.54. The third-order valence-electron chi connectivity index (χ3n) is 2.55. The van der Waals surface area contributed by atoms with E-state index in [1.165, 1.54) is 6.08 Å². The molecule has 1 aromatic heterocycles. The topological polar surface area (TPSA) is 85.5 Å². The Kier molecular flexibility index (Phi) is 5.10. The standard InChI is InChI=1S/C14H13BrN2O4/c1-2-13-16-12(17-21-13)8-20-10-4-5-11(15)9(7-10)3-6-14(18)19/h3-7H,2,8H2,1H3,(H,18,19)/b6-3+. The van der Waals surface area contributed by atoms with Crippen molar-refractivity contribution in [2.75, 3.05) is 0 Å². The molecule has 0 fully saturated rings. The van der Waals surface area contributed by atoms with Gasteiger partial charge in [-0.1, -0.05) is 28.0 Å². The Labute approximate surface area is 129 Å². The molecule has 0 aliphatic heterocycles. The molecule has 7 heteroatoms. The van der Waals surface area contributed by atoms with Crippen LogP contribution in [0.3, 0.4) is 0 Å². The summed E-state index contributed by atoms with van der Waals surface area (Å²) in [5.74, 6) is 0.616. The quantitative estimate of drug-likeness (QED) is 0.804. The van der Waals surface area contributed by atoms with Crippen LogP contribution < -0.4 is 4.74 Å². The van der Waals surface area contributed by atoms with E-state index in [2.05, 4.69) is 26.1 Å². The summed E-state index contributed by atoms with van der Waals surface area (Å²) in [6.07, 6.45) is 3.23. The lowest BCUT2D eigenvalue weighted by molar-refractivity contribution is -0.131. The van der Waals surface area contributed by atoms with Gasteiger partial charge in [-0.25, -0.2) is 4.79 Å². The van der Waals surface area contributed by atoms with Gasteiger partial charge in [0.05, 0.1) is 0 Å². The Morgan fingerprint density at radius 3 is 3.00 bits per heavy atom. The average molecular weight is 353 g/mol. The molecule has 0 unspecified atom stereocenters. The first-order valence-corrected chi connectivity index (χ1v) is 7.02. The van der Waals surface area contributed by atoms with E-state index in [0.717, 1.165) is 10.5 Å². The lowest BCUT2D eigenvalue weighted by Crippen LogP contribution is -1.98. The fraction of sp³-hybridized carbons (Fsp3) is 0.214. The molecular weight excluding hydrogens is 340 g/mol. The van der Waals surface area contributed by atoms with Crippen molar-refractivity contribution < 1.29 is 19.2 Å². The Hall–Kier alpha value is -2.15. The van der Waals surface area contributed by atoms with E-state index in [9.17, 15) is 4.79 Å². The summed E-state index contributed by atoms with van der Waals surface area (Å²) >= 11 is 3.35. The molecule has 21 heavy (non-hydrogen) atoms. The number of aliphatic carboxylic acids is 1. The van der Waals surface area contributed by atoms with E-state index in [0.29, 0.717) is 29.4 Å². The van der Waals surface area contributed by atoms with Crippen LogP contribution in [0.25, 0.3) is 6.08 Å². The van der Waals surface area contributed by atoms with Crippen molar-refractivity contribution >= 4 is 28.0 Å². The highest BCUT2D eigenvalue weighted by Crippen LogP contribution is 2.24. The van der Waals surface area contributed by atoms with E-state index in [4.69, 9.17) is 14.4 Å². The van der Waals surface area contributed by atoms with Gasteiger partial charge < -0.3 is 14.4 Å². The zero-order valence-electron chi connectivity index (χ0n) is 11.2. The lowest BCUT2D eigenvalue weighted by Gasteiger charge is -2.05. The second-order valence-electron chi connectivity index (χ2n) is 4.10. The normalized spacial score (nSPS) is 11.0. The number of halogens is 1. The number of aryl methyl sites for hydroxylation is 1. The van der Waals surface area contributed by atoms with Gasteiger partial charge in [0.25, 0.3) is 0 Å². The van der Waals surface area contributed by atoms with Gasteiger partial charge in [-0.15, -0.1) is 0 Å². The second-order valence-corrected chi connectivity index (χ2v) is 4.96. The fourth-order valence-corrected chi connectivity index (χ4v) is 1.92. The highest BCUT2D eigenvalue weighted by atomic mass is 79.9. The molecule has 0 bridgehead atoms. The van der Waals surface area contributed by atoms with Crippen molar-refractivity contribution in [2.24, 2.45) is 0 Å². The largest absolute Gasteiger partial charge is 0.485 e. The maximum atomic E-state index is 10.6. The maximum Gasteiger partial charge on any atom is 0.328 e. The molecule has 0 atom stereocenters. The lowest BCUT2D eigenvalue weighted by atomic mass is 10.2. The van der Waals surface area contributed by atoms with Crippen LogP contribution >= 0.6 is 15.9 Å². The van der Waals surface area contributed by atoms with Crippen molar-refractivity contribution in [1.29, 1.82) is 0 Å². The average Bonchev–Trinajstić information content (AvgIpc) is 2.93. The molecule has 1 N–H and O–H groups in total. The van der Waals surface area contributed by atoms with Gasteiger partial charge in [0, 0.05) is 17.0 Å². The van der Waals surface area contributed by atoms with Gasteiger partial charge in [-0.2, -0.15) is 4.98 Å². The minimum absolute atomic E-state index is 0.188. The number of aromatic nitrogens is 2. The van der Waals surface area contributed by atoms with Gasteiger partial charge in [-0.05, 0) is 29.8 Å². The number of carboxylic acids is 1. The summed E-state index contributed by atoms with van der Waals surface area (Å²) in [7, 11) is 0. The number of ether oxygens (including phenoxy) is 1. The molecule has 2 aromatic rings. The summed E-state index contributed by atoms with van der Waals surface area (Å²) in [6, 6.07) is 5.28. The van der Waals surface area contributed by atoms with Crippen LogP contribution in [0, 0.1) is 0 Å². The van der Waals surface area contributed by atoms with E-state index >= 15 is 0 Å². The number of carbonyl (C=O) groups is 1. The molecule has 0 saturated heterocycles. The highest BCUT2D eigenvalue weighted by Gasteiger charge is 2.06. The highest BCUT2D eigenvalue weighted by molar-refractivity contribution is 9.10. The molecule has 110 valence electrons. The smallest absolute Gasteiger partial charge is 0.328 e. The second kappa shape index (κ2) is 7.03. The first-order valence-electron chi connectivity index (χ1n) is 6.23. The molecular formula is C14H13BrN2O4. The summed E-state index contributed by atoms with van der Waals surface area (Å²) in [5, 5.41) is 12.4. The van der Waals surface area contributed by atoms with Crippen LogP contribution in [0.15, 0.2) is 33.3 Å². The van der Waals surface area contributed by atoms with E-state index < -0.39 is 5.97 Å². The summed E-state index contributed by atoms with van der Waals surface area (Å²) in [5.41, 5.74) is 0.706. The molecule has 1 heterocycles. The zero-order valence-corrected chi connectivity index (χ0v) is 12.8. The number of benzene rings is 1. The molecule has 1 aromatic carbocycles. The van der Waals surface area contributed by atoms with Crippen LogP contribution in [0.5, 0.6) is 5.75 Å². The van der Waals surface area contributed by atoms with Crippen molar-refractivity contribution in [3.63, 3.8) is 0 Å². The predicted molar refractivity (Wildman–Crippen MR) is 78.8 cm³/mol. The molecule has 0 radical (unpaired) electrons. The molecule has 0 saturated carbocycles. The van der Waals surface area contributed by atoms with E-state index in [-0.39, 0.29) is 6.61 Å². The monoisotopic (exact) mass is 352 g/mol. The maximum absolute atomic E-state index is 10.6. The number of carboxylic acid groups (broad SMARTS) is 1. The molecule has 0 spiro atoms. The van der Waals surface area contributed by atoms with Crippen molar-refractivity contribution in [2.45, 2.75) is 20.0 Å². The molecule has 0 amide bonds. The molecule has 0 aliphatic carbocycles. The van der Waals surface area contributed by atoms with Crippen LogP contribution in [0.1, 0.15) is 24.2 Å². The van der Waals surface area contributed by atoms with Crippen LogP contribution in [-0.2, 0) is 17.8 Å². The van der Waals surface area contributed by atoms with Crippen molar-refractivity contribution in [1.82, 2.24) is 10.1 Å². The minimum Gasteiger partial charge on any atom is -0.485 e. The summed E-state index contributed by atoms with van der Waals surface area (Å²) in [6.45, 7) is 2.11. The SMILES string of the molecule is CCc1nc(COc2ccc(Br)c(/C=C/C(=O)O)c2)no1. The van der Waals surface area contributed by atoms with Crippen LogP contribution in [0.4, 0.5) is 0 Å². The minimum atomic E-state index is -1.01. The zero-order chi connectivity index (χ0) is 15.2. The van der Waals surface area contributed by atoms with Crippen LogP contribution in [0.2, 0.25) is 0 Å². The number of hydrogen-bond acceptors (Lipinski definition) is 5. The third kappa shape index (κ3) is 4.42. The number of hydrogen-bond donors (Lipinski definition) is 1. The Morgan fingerprint density at radius 2 is 2.33 bits per heavy atom. The number of rotatable bonds is 6. The Morgan fingerprint density at radius 1 is 1.52 bits per heavy atom. The van der Waals surface area contributed by atoms with Gasteiger partial charge in [0.2, 0.25) is 11.7 Å². The molecule has 0 aliphatic rings. The van der Waals surface area contributed by atoms with Crippen molar-refractivity contribution in [3.8, 4) is 5.75 Å². The number of nitrogens with zero attached hydrogens (tertiary/aromatic N) is 2. The van der Waals surface area contributed by atoms with Gasteiger partial charge in [-0.3, -0.25) is 0 Å². The Balaban J connectivity index is 2.06. The van der Waals surface area contributed by atoms with Gasteiger partial charge >= 0.3 is 5.97 Å². The third-order valence-corrected chi connectivity index (χ3v) is 3.28. The summed E-state index contributed by atoms with van der Waals surface area (Å²) in [4.78, 5) is 14.7. The van der Waals surface area contributed by atoms with E-state index in [1.807, 2.05) is 6.92 Å². The summed E-state index contributed by atoms with van der Waals surface area (Å²) < 4.78 is 11.3.